The SMILES string of the molecule is CS(=O)Cc1cc(NC(=O)C=Cc2ccccc2)ccc1Cl. The van der Waals surface area contributed by atoms with Gasteiger partial charge in [-0.2, -0.15) is 0 Å². The molecule has 0 spiro atoms. The van der Waals surface area contributed by atoms with Crippen molar-refractivity contribution in [1.82, 2.24) is 0 Å². The number of hydrogen-bond acceptors (Lipinski definition) is 2. The van der Waals surface area contributed by atoms with Gasteiger partial charge in [-0.15, -0.1) is 0 Å². The van der Waals surface area contributed by atoms with Crippen molar-refractivity contribution >= 4 is 40.1 Å². The Morgan fingerprint density at radius 3 is 2.64 bits per heavy atom. The second-order valence-corrected chi connectivity index (χ2v) is 6.60. The van der Waals surface area contributed by atoms with Crippen LogP contribution in [0.1, 0.15) is 11.1 Å². The Bertz CT molecular complexity index is 714. The summed E-state index contributed by atoms with van der Waals surface area (Å²) in [5.41, 5.74) is 2.34. The van der Waals surface area contributed by atoms with E-state index in [2.05, 4.69) is 5.32 Å². The minimum absolute atomic E-state index is 0.227. The molecule has 2 aromatic rings. The number of amides is 1. The van der Waals surface area contributed by atoms with E-state index in [0.29, 0.717) is 16.5 Å². The summed E-state index contributed by atoms with van der Waals surface area (Å²) >= 11 is 6.06. The van der Waals surface area contributed by atoms with E-state index in [1.807, 2.05) is 30.3 Å². The van der Waals surface area contributed by atoms with Crippen LogP contribution in [0.3, 0.4) is 0 Å². The van der Waals surface area contributed by atoms with Crippen LogP contribution in [0, 0.1) is 0 Å². The van der Waals surface area contributed by atoms with Gasteiger partial charge in [-0.1, -0.05) is 41.9 Å². The monoisotopic (exact) mass is 333 g/mol. The minimum Gasteiger partial charge on any atom is -0.323 e. The van der Waals surface area contributed by atoms with Gasteiger partial charge in [0.2, 0.25) is 5.91 Å². The summed E-state index contributed by atoms with van der Waals surface area (Å²) in [4.78, 5) is 11.9. The van der Waals surface area contributed by atoms with Crippen LogP contribution >= 0.6 is 11.6 Å². The third-order valence-electron chi connectivity index (χ3n) is 2.90. The van der Waals surface area contributed by atoms with Crippen molar-refractivity contribution in [3.8, 4) is 0 Å². The first-order valence-corrected chi connectivity index (χ1v) is 8.77. The van der Waals surface area contributed by atoms with Crippen molar-refractivity contribution in [3.63, 3.8) is 0 Å². The van der Waals surface area contributed by atoms with Crippen LogP contribution in [-0.2, 0) is 21.3 Å². The van der Waals surface area contributed by atoms with Crippen LogP contribution in [0.2, 0.25) is 5.02 Å². The lowest BCUT2D eigenvalue weighted by Gasteiger charge is -2.07. The molecule has 114 valence electrons. The number of benzene rings is 2. The molecule has 22 heavy (non-hydrogen) atoms. The van der Waals surface area contributed by atoms with Gasteiger partial charge < -0.3 is 5.32 Å². The molecule has 1 atom stereocenters. The minimum atomic E-state index is -0.987. The van der Waals surface area contributed by atoms with Gasteiger partial charge >= 0.3 is 0 Å². The normalized spacial score (nSPS) is 12.3. The summed E-state index contributed by atoms with van der Waals surface area (Å²) in [6, 6.07) is 14.7. The first-order valence-electron chi connectivity index (χ1n) is 6.67. The highest BCUT2D eigenvalue weighted by molar-refractivity contribution is 7.83. The smallest absolute Gasteiger partial charge is 0.248 e. The highest BCUT2D eigenvalue weighted by Crippen LogP contribution is 2.21. The fourth-order valence-corrected chi connectivity index (χ4v) is 2.84. The van der Waals surface area contributed by atoms with Crippen molar-refractivity contribution < 1.29 is 9.00 Å². The highest BCUT2D eigenvalue weighted by atomic mass is 35.5. The predicted molar refractivity (Wildman–Crippen MR) is 93.3 cm³/mol. The molecule has 2 rings (SSSR count). The van der Waals surface area contributed by atoms with Gasteiger partial charge in [-0.3, -0.25) is 9.00 Å². The Balaban J connectivity index is 2.05. The third kappa shape index (κ3) is 5.13. The zero-order chi connectivity index (χ0) is 15.9. The molecule has 0 aliphatic carbocycles. The van der Waals surface area contributed by atoms with Crippen molar-refractivity contribution in [2.24, 2.45) is 0 Å². The summed E-state index contributed by atoms with van der Waals surface area (Å²) in [5.74, 6) is 0.136. The number of carbonyl (C=O) groups is 1. The molecule has 0 aliphatic rings. The largest absolute Gasteiger partial charge is 0.323 e. The Morgan fingerprint density at radius 2 is 1.95 bits per heavy atom. The van der Waals surface area contributed by atoms with Gasteiger partial charge in [0.25, 0.3) is 0 Å². The molecule has 1 amide bonds. The standard InChI is InChI=1S/C17H16ClNO2S/c1-22(21)12-14-11-15(8-9-16(14)18)19-17(20)10-7-13-5-3-2-4-6-13/h2-11H,12H2,1H3,(H,19,20). The molecule has 0 saturated heterocycles. The summed E-state index contributed by atoms with van der Waals surface area (Å²) in [6.07, 6.45) is 4.83. The molecule has 0 bridgehead atoms. The lowest BCUT2D eigenvalue weighted by molar-refractivity contribution is -0.111. The second kappa shape index (κ2) is 7.92. The molecule has 0 heterocycles. The summed E-state index contributed by atoms with van der Waals surface area (Å²) in [6.45, 7) is 0. The van der Waals surface area contributed by atoms with Crippen molar-refractivity contribution in [2.75, 3.05) is 11.6 Å². The Labute approximate surface area is 137 Å². The zero-order valence-corrected chi connectivity index (χ0v) is 13.7. The Kier molecular flexibility index (Phi) is 5.92. The van der Waals surface area contributed by atoms with Gasteiger partial charge in [0.1, 0.15) is 0 Å². The maximum absolute atomic E-state index is 11.9. The molecule has 5 heteroatoms. The van der Waals surface area contributed by atoms with E-state index in [-0.39, 0.29) is 5.91 Å². The van der Waals surface area contributed by atoms with Crippen LogP contribution in [0.25, 0.3) is 6.08 Å². The summed E-state index contributed by atoms with van der Waals surface area (Å²) in [5, 5.41) is 3.32. The first kappa shape index (κ1) is 16.5. The third-order valence-corrected chi connectivity index (χ3v) is 3.99. The van der Waals surface area contributed by atoms with E-state index >= 15 is 0 Å². The van der Waals surface area contributed by atoms with Gasteiger partial charge in [0.15, 0.2) is 0 Å². The molecule has 1 unspecified atom stereocenters. The van der Waals surface area contributed by atoms with Crippen LogP contribution in [0.15, 0.2) is 54.6 Å². The van der Waals surface area contributed by atoms with Crippen molar-refractivity contribution in [2.45, 2.75) is 5.75 Å². The van der Waals surface area contributed by atoms with Crippen molar-refractivity contribution in [1.29, 1.82) is 0 Å². The van der Waals surface area contributed by atoms with Crippen LogP contribution < -0.4 is 5.32 Å². The highest BCUT2D eigenvalue weighted by Gasteiger charge is 2.05. The number of hydrogen-bond donors (Lipinski definition) is 1. The molecule has 2 aromatic carbocycles. The van der Waals surface area contributed by atoms with Gasteiger partial charge in [0.05, 0.1) is 0 Å². The molecular weight excluding hydrogens is 318 g/mol. The predicted octanol–water partition coefficient (Wildman–Crippen LogP) is 3.87. The molecule has 0 fully saturated rings. The van der Waals surface area contributed by atoms with Crippen LogP contribution in [0.5, 0.6) is 0 Å². The van der Waals surface area contributed by atoms with E-state index < -0.39 is 10.8 Å². The quantitative estimate of drug-likeness (QED) is 0.844. The van der Waals surface area contributed by atoms with E-state index in [1.165, 1.54) is 6.08 Å². The number of rotatable bonds is 5. The van der Waals surface area contributed by atoms with Gasteiger partial charge in [-0.25, -0.2) is 0 Å². The topological polar surface area (TPSA) is 46.2 Å². The molecule has 0 aromatic heterocycles. The molecule has 1 N–H and O–H groups in total. The zero-order valence-electron chi connectivity index (χ0n) is 12.1. The lowest BCUT2D eigenvalue weighted by Crippen LogP contribution is -2.08. The van der Waals surface area contributed by atoms with Gasteiger partial charge in [-0.05, 0) is 35.4 Å². The van der Waals surface area contributed by atoms with Gasteiger partial charge in [0, 0.05) is 39.6 Å². The summed E-state index contributed by atoms with van der Waals surface area (Å²) < 4.78 is 11.3. The number of halogens is 1. The van der Waals surface area contributed by atoms with E-state index in [1.54, 1.807) is 30.5 Å². The number of carbonyl (C=O) groups excluding carboxylic acids is 1. The maximum atomic E-state index is 11.9. The Morgan fingerprint density at radius 1 is 1.23 bits per heavy atom. The molecule has 0 aliphatic heterocycles. The van der Waals surface area contributed by atoms with E-state index in [4.69, 9.17) is 11.6 Å². The lowest BCUT2D eigenvalue weighted by atomic mass is 10.2. The average Bonchev–Trinajstić information content (AvgIpc) is 2.49. The fourth-order valence-electron chi connectivity index (χ4n) is 1.90. The number of nitrogens with one attached hydrogen (secondary N) is 1. The number of anilines is 1. The van der Waals surface area contributed by atoms with E-state index in [0.717, 1.165) is 11.1 Å². The molecule has 3 nitrogen and oxygen atoms in total. The molecule has 0 radical (unpaired) electrons. The van der Waals surface area contributed by atoms with Crippen LogP contribution in [0.4, 0.5) is 5.69 Å². The second-order valence-electron chi connectivity index (χ2n) is 4.76. The average molecular weight is 334 g/mol. The first-order chi connectivity index (χ1) is 10.5. The van der Waals surface area contributed by atoms with E-state index in [9.17, 15) is 9.00 Å². The molecular formula is C17H16ClNO2S. The maximum Gasteiger partial charge on any atom is 0.248 e. The summed E-state index contributed by atoms with van der Waals surface area (Å²) in [7, 11) is -0.987. The molecule has 0 saturated carbocycles. The van der Waals surface area contributed by atoms with Crippen molar-refractivity contribution in [3.05, 3.63) is 70.8 Å². The fraction of sp³-hybridized carbons (Fsp3) is 0.118. The Hall–Kier alpha value is -1.91. The van der Waals surface area contributed by atoms with Crippen LogP contribution in [-0.4, -0.2) is 16.4 Å².